The van der Waals surface area contributed by atoms with Crippen molar-refractivity contribution in [2.24, 2.45) is 0 Å². The highest BCUT2D eigenvalue weighted by Crippen LogP contribution is 2.10. The van der Waals surface area contributed by atoms with E-state index in [1.54, 1.807) is 0 Å². The second-order valence-corrected chi connectivity index (χ2v) is 3.05. The zero-order chi connectivity index (χ0) is 12.8. The summed E-state index contributed by atoms with van der Waals surface area (Å²) in [4.78, 5) is 32.0. The average Bonchev–Trinajstić information content (AvgIpc) is 2.26. The van der Waals surface area contributed by atoms with Crippen LogP contribution in [0.3, 0.4) is 0 Å². The average molecular weight is 235 g/mol. The Morgan fingerprint density at radius 3 is 2.41 bits per heavy atom. The number of anilines is 1. The minimum atomic E-state index is -1.24. The molecule has 0 fully saturated rings. The molecule has 0 aliphatic rings. The standard InChI is InChI=1S/C11H9NO5/c13-9(4-5-10(14)15)12-8-3-1-2-7(6-8)11(16)17/h1-6H,(H,12,13)(H,14,15)(H,16,17)/b5-4+. The van der Waals surface area contributed by atoms with E-state index in [2.05, 4.69) is 5.32 Å². The van der Waals surface area contributed by atoms with Gasteiger partial charge in [-0.2, -0.15) is 0 Å². The van der Waals surface area contributed by atoms with Gasteiger partial charge in [0, 0.05) is 17.8 Å². The van der Waals surface area contributed by atoms with Crippen molar-refractivity contribution in [1.82, 2.24) is 0 Å². The molecular formula is C11H9NO5. The molecule has 1 aromatic carbocycles. The van der Waals surface area contributed by atoms with Crippen LogP contribution in [0.2, 0.25) is 0 Å². The van der Waals surface area contributed by atoms with Gasteiger partial charge in [-0.1, -0.05) is 6.07 Å². The lowest BCUT2D eigenvalue weighted by Crippen LogP contribution is -2.09. The van der Waals surface area contributed by atoms with Crippen molar-refractivity contribution < 1.29 is 24.6 Å². The van der Waals surface area contributed by atoms with Crippen LogP contribution in [0, 0.1) is 0 Å². The van der Waals surface area contributed by atoms with Gasteiger partial charge in [0.05, 0.1) is 5.56 Å². The summed E-state index contributed by atoms with van der Waals surface area (Å²) in [7, 11) is 0. The number of hydrogen-bond donors (Lipinski definition) is 3. The van der Waals surface area contributed by atoms with Crippen LogP contribution >= 0.6 is 0 Å². The zero-order valence-electron chi connectivity index (χ0n) is 8.58. The Balaban J connectivity index is 2.75. The summed E-state index contributed by atoms with van der Waals surface area (Å²) in [5, 5.41) is 19.4. The molecule has 17 heavy (non-hydrogen) atoms. The Bertz CT molecular complexity index is 492. The van der Waals surface area contributed by atoms with Gasteiger partial charge in [0.15, 0.2) is 0 Å². The lowest BCUT2D eigenvalue weighted by Gasteiger charge is -2.02. The first kappa shape index (κ1) is 12.4. The number of carbonyl (C=O) groups excluding carboxylic acids is 1. The fourth-order valence-corrected chi connectivity index (χ4v) is 1.06. The van der Waals surface area contributed by atoms with Crippen LogP contribution in [0.4, 0.5) is 5.69 Å². The molecule has 0 saturated heterocycles. The molecule has 0 aromatic heterocycles. The highest BCUT2D eigenvalue weighted by atomic mass is 16.4. The van der Waals surface area contributed by atoms with Crippen molar-refractivity contribution in [3.63, 3.8) is 0 Å². The third-order valence-corrected chi connectivity index (χ3v) is 1.75. The van der Waals surface area contributed by atoms with Crippen LogP contribution in [-0.4, -0.2) is 28.1 Å². The first-order valence-corrected chi connectivity index (χ1v) is 4.54. The van der Waals surface area contributed by atoms with Gasteiger partial charge in [0.1, 0.15) is 0 Å². The fourth-order valence-electron chi connectivity index (χ4n) is 1.06. The molecule has 0 aliphatic heterocycles. The van der Waals surface area contributed by atoms with Gasteiger partial charge in [-0.05, 0) is 18.2 Å². The summed E-state index contributed by atoms with van der Waals surface area (Å²) < 4.78 is 0. The van der Waals surface area contributed by atoms with E-state index in [9.17, 15) is 14.4 Å². The molecule has 0 unspecified atom stereocenters. The van der Waals surface area contributed by atoms with Crippen LogP contribution in [0.25, 0.3) is 0 Å². The number of nitrogens with one attached hydrogen (secondary N) is 1. The smallest absolute Gasteiger partial charge is 0.335 e. The predicted molar refractivity (Wildman–Crippen MR) is 58.8 cm³/mol. The Morgan fingerprint density at radius 2 is 1.82 bits per heavy atom. The van der Waals surface area contributed by atoms with Gasteiger partial charge in [-0.3, -0.25) is 4.79 Å². The number of amides is 1. The molecule has 0 saturated carbocycles. The maximum Gasteiger partial charge on any atom is 0.335 e. The number of aliphatic carboxylic acids is 1. The summed E-state index contributed by atoms with van der Waals surface area (Å²) in [5.41, 5.74) is 0.315. The SMILES string of the molecule is O=C(O)/C=C/C(=O)Nc1cccc(C(=O)O)c1. The van der Waals surface area contributed by atoms with Crippen LogP contribution in [0.5, 0.6) is 0 Å². The number of aromatic carboxylic acids is 1. The highest BCUT2D eigenvalue weighted by Gasteiger charge is 2.04. The number of carbonyl (C=O) groups is 3. The van der Waals surface area contributed by atoms with Crippen LogP contribution in [0.15, 0.2) is 36.4 Å². The molecule has 1 rings (SSSR count). The van der Waals surface area contributed by atoms with Crippen molar-refractivity contribution in [3.8, 4) is 0 Å². The Kier molecular flexibility index (Phi) is 3.99. The molecule has 0 aliphatic carbocycles. The second kappa shape index (κ2) is 5.45. The van der Waals surface area contributed by atoms with E-state index in [1.807, 2.05) is 0 Å². The monoisotopic (exact) mass is 235 g/mol. The summed E-state index contributed by atoms with van der Waals surface area (Å²) in [6.07, 6.45) is 1.53. The molecule has 0 heterocycles. The van der Waals surface area contributed by atoms with Crippen molar-refractivity contribution >= 4 is 23.5 Å². The number of rotatable bonds is 4. The number of carboxylic acid groups (broad SMARTS) is 2. The molecular weight excluding hydrogens is 226 g/mol. The molecule has 0 spiro atoms. The van der Waals surface area contributed by atoms with Crippen LogP contribution < -0.4 is 5.32 Å². The Hall–Kier alpha value is -2.63. The number of hydrogen-bond acceptors (Lipinski definition) is 3. The van der Waals surface area contributed by atoms with E-state index in [0.29, 0.717) is 6.08 Å². The van der Waals surface area contributed by atoms with Gasteiger partial charge in [0.25, 0.3) is 0 Å². The summed E-state index contributed by atoms with van der Waals surface area (Å²) in [6.45, 7) is 0. The zero-order valence-corrected chi connectivity index (χ0v) is 8.58. The molecule has 6 nitrogen and oxygen atoms in total. The molecule has 0 atom stereocenters. The summed E-state index contributed by atoms with van der Waals surface area (Å²) in [5.74, 6) is -2.99. The minimum absolute atomic E-state index is 0.0324. The summed E-state index contributed by atoms with van der Waals surface area (Å²) in [6, 6.07) is 5.62. The first-order valence-electron chi connectivity index (χ1n) is 4.54. The van der Waals surface area contributed by atoms with Crippen molar-refractivity contribution in [2.75, 3.05) is 5.32 Å². The third kappa shape index (κ3) is 4.17. The van der Waals surface area contributed by atoms with Crippen LogP contribution in [0.1, 0.15) is 10.4 Å². The molecule has 1 aromatic rings. The minimum Gasteiger partial charge on any atom is -0.478 e. The van der Waals surface area contributed by atoms with Crippen LogP contribution in [-0.2, 0) is 9.59 Å². The second-order valence-electron chi connectivity index (χ2n) is 3.05. The van der Waals surface area contributed by atoms with Gasteiger partial charge < -0.3 is 15.5 Å². The van der Waals surface area contributed by atoms with Gasteiger partial charge in [0.2, 0.25) is 5.91 Å². The van der Waals surface area contributed by atoms with E-state index < -0.39 is 17.8 Å². The molecule has 0 bridgehead atoms. The normalized spacial score (nSPS) is 10.1. The van der Waals surface area contributed by atoms with E-state index in [1.165, 1.54) is 24.3 Å². The van der Waals surface area contributed by atoms with Gasteiger partial charge in [-0.15, -0.1) is 0 Å². The van der Waals surface area contributed by atoms with Gasteiger partial charge >= 0.3 is 11.9 Å². The topological polar surface area (TPSA) is 104 Å². The van der Waals surface area contributed by atoms with Gasteiger partial charge in [-0.25, -0.2) is 9.59 Å². The number of carboxylic acids is 2. The number of benzene rings is 1. The largest absolute Gasteiger partial charge is 0.478 e. The predicted octanol–water partition coefficient (Wildman–Crippen LogP) is 0.964. The summed E-state index contributed by atoms with van der Waals surface area (Å²) >= 11 is 0. The highest BCUT2D eigenvalue weighted by molar-refractivity contribution is 6.02. The molecule has 3 N–H and O–H groups in total. The van der Waals surface area contributed by atoms with E-state index in [4.69, 9.17) is 10.2 Å². The fraction of sp³-hybridized carbons (Fsp3) is 0. The molecule has 0 radical (unpaired) electrons. The lowest BCUT2D eigenvalue weighted by molar-refractivity contribution is -0.131. The maximum atomic E-state index is 11.2. The van der Waals surface area contributed by atoms with Crippen molar-refractivity contribution in [2.45, 2.75) is 0 Å². The van der Waals surface area contributed by atoms with E-state index in [0.717, 1.165) is 6.08 Å². The molecule has 1 amide bonds. The molecule has 6 heteroatoms. The Labute approximate surface area is 96.2 Å². The lowest BCUT2D eigenvalue weighted by atomic mass is 10.2. The quantitative estimate of drug-likeness (QED) is 0.674. The van der Waals surface area contributed by atoms with E-state index in [-0.39, 0.29) is 11.3 Å². The Morgan fingerprint density at radius 1 is 1.12 bits per heavy atom. The first-order chi connectivity index (χ1) is 7.99. The third-order valence-electron chi connectivity index (χ3n) is 1.75. The maximum absolute atomic E-state index is 11.2. The van der Waals surface area contributed by atoms with Crippen molar-refractivity contribution in [1.29, 1.82) is 0 Å². The van der Waals surface area contributed by atoms with Crippen molar-refractivity contribution in [3.05, 3.63) is 42.0 Å². The molecule has 88 valence electrons. The van der Waals surface area contributed by atoms with E-state index >= 15 is 0 Å².